The molecule has 2 heteroatoms. The Morgan fingerprint density at radius 3 is 2.31 bits per heavy atom. The molecule has 1 aromatic rings. The third kappa shape index (κ3) is 3.09. The molecule has 16 heavy (non-hydrogen) atoms. The molecule has 1 rings (SSSR count). The third-order valence-electron chi connectivity index (χ3n) is 2.76. The number of benzene rings is 1. The van der Waals surface area contributed by atoms with Gasteiger partial charge in [0, 0.05) is 12.0 Å². The molecule has 0 radical (unpaired) electrons. The maximum absolute atomic E-state index is 6.08. The predicted octanol–water partition coefficient (Wildman–Crippen LogP) is 2.98. The molecule has 0 bridgehead atoms. The van der Waals surface area contributed by atoms with Crippen molar-refractivity contribution < 1.29 is 0 Å². The van der Waals surface area contributed by atoms with Crippen molar-refractivity contribution in [3.8, 4) is 0 Å². The Bertz CT molecular complexity index is 350. The summed E-state index contributed by atoms with van der Waals surface area (Å²) in [4.78, 5) is 4.47. The van der Waals surface area contributed by atoms with Crippen molar-refractivity contribution in [1.29, 1.82) is 0 Å². The second kappa shape index (κ2) is 5.15. The maximum Gasteiger partial charge on any atom is 0.104 e. The lowest BCUT2D eigenvalue weighted by Gasteiger charge is -2.25. The number of rotatable bonds is 4. The van der Waals surface area contributed by atoms with Gasteiger partial charge < -0.3 is 5.73 Å². The minimum absolute atomic E-state index is 0.184. The van der Waals surface area contributed by atoms with Crippen LogP contribution in [0.4, 0.5) is 0 Å². The number of amidine groups is 1. The number of nitrogens with zero attached hydrogens (tertiary/aromatic N) is 1. The van der Waals surface area contributed by atoms with E-state index in [2.05, 4.69) is 44.8 Å². The van der Waals surface area contributed by atoms with Gasteiger partial charge in [0.1, 0.15) is 5.84 Å². The average Bonchev–Trinajstić information content (AvgIpc) is 2.27. The smallest absolute Gasteiger partial charge is 0.104 e. The number of hydrogen-bond acceptors (Lipinski definition) is 1. The van der Waals surface area contributed by atoms with Gasteiger partial charge in [-0.15, -0.1) is 0 Å². The fourth-order valence-electron chi connectivity index (χ4n) is 1.48. The van der Waals surface area contributed by atoms with E-state index in [-0.39, 0.29) is 5.41 Å². The molecule has 0 aliphatic heterocycles. The molecule has 0 atom stereocenters. The quantitative estimate of drug-likeness (QED) is 0.612. The molecule has 0 amide bonds. The van der Waals surface area contributed by atoms with Gasteiger partial charge in [-0.1, -0.05) is 44.2 Å². The lowest BCUT2D eigenvalue weighted by Crippen LogP contribution is -2.36. The SMILES string of the molecule is CC(C)CN=C(N)C(C)(C)c1ccccc1. The van der Waals surface area contributed by atoms with Gasteiger partial charge in [0.05, 0.1) is 0 Å². The Morgan fingerprint density at radius 2 is 1.81 bits per heavy atom. The summed E-state index contributed by atoms with van der Waals surface area (Å²) in [7, 11) is 0. The van der Waals surface area contributed by atoms with Crippen LogP contribution in [0.5, 0.6) is 0 Å². The highest BCUT2D eigenvalue weighted by atomic mass is 14.9. The van der Waals surface area contributed by atoms with E-state index in [4.69, 9.17) is 5.73 Å². The monoisotopic (exact) mass is 218 g/mol. The molecule has 0 aromatic heterocycles. The molecule has 0 heterocycles. The van der Waals surface area contributed by atoms with Crippen LogP contribution in [0.25, 0.3) is 0 Å². The topological polar surface area (TPSA) is 38.4 Å². The van der Waals surface area contributed by atoms with Crippen LogP contribution >= 0.6 is 0 Å². The minimum Gasteiger partial charge on any atom is -0.387 e. The highest BCUT2D eigenvalue weighted by Gasteiger charge is 2.24. The molecule has 2 N–H and O–H groups in total. The number of nitrogens with two attached hydrogens (primary N) is 1. The Kier molecular flexibility index (Phi) is 4.11. The lowest BCUT2D eigenvalue weighted by atomic mass is 9.83. The van der Waals surface area contributed by atoms with Gasteiger partial charge in [-0.05, 0) is 25.3 Å². The molecule has 0 saturated heterocycles. The van der Waals surface area contributed by atoms with Crippen molar-refractivity contribution in [3.05, 3.63) is 35.9 Å². The summed E-state index contributed by atoms with van der Waals surface area (Å²) in [6, 6.07) is 10.3. The number of aliphatic imine (C=N–C) groups is 1. The molecular formula is C14H22N2. The van der Waals surface area contributed by atoms with Crippen LogP contribution in [-0.2, 0) is 5.41 Å². The molecule has 0 aliphatic rings. The van der Waals surface area contributed by atoms with Crippen LogP contribution in [-0.4, -0.2) is 12.4 Å². The average molecular weight is 218 g/mol. The molecular weight excluding hydrogens is 196 g/mol. The number of hydrogen-bond donors (Lipinski definition) is 1. The normalized spacial score (nSPS) is 13.2. The highest BCUT2D eigenvalue weighted by Crippen LogP contribution is 2.23. The van der Waals surface area contributed by atoms with Crippen LogP contribution in [0.2, 0.25) is 0 Å². The molecule has 88 valence electrons. The van der Waals surface area contributed by atoms with E-state index in [1.807, 2.05) is 18.2 Å². The van der Waals surface area contributed by atoms with E-state index < -0.39 is 0 Å². The summed E-state index contributed by atoms with van der Waals surface area (Å²) in [5.74, 6) is 1.26. The van der Waals surface area contributed by atoms with Gasteiger partial charge in [-0.3, -0.25) is 4.99 Å². The predicted molar refractivity (Wildman–Crippen MR) is 70.8 cm³/mol. The van der Waals surface area contributed by atoms with Gasteiger partial charge in [0.15, 0.2) is 0 Å². The summed E-state index contributed by atoms with van der Waals surface area (Å²) in [6.07, 6.45) is 0. The van der Waals surface area contributed by atoms with Gasteiger partial charge in [-0.2, -0.15) is 0 Å². The van der Waals surface area contributed by atoms with Crippen molar-refractivity contribution in [2.45, 2.75) is 33.1 Å². The first-order valence-electron chi connectivity index (χ1n) is 5.80. The van der Waals surface area contributed by atoms with Crippen molar-refractivity contribution in [2.24, 2.45) is 16.6 Å². The molecule has 2 nitrogen and oxygen atoms in total. The van der Waals surface area contributed by atoms with Crippen molar-refractivity contribution in [2.75, 3.05) is 6.54 Å². The van der Waals surface area contributed by atoms with E-state index >= 15 is 0 Å². The fraction of sp³-hybridized carbons (Fsp3) is 0.500. The first-order chi connectivity index (χ1) is 7.44. The Labute approximate surface area is 98.6 Å². The first kappa shape index (κ1) is 12.8. The van der Waals surface area contributed by atoms with E-state index in [9.17, 15) is 0 Å². The summed E-state index contributed by atoms with van der Waals surface area (Å²) in [6.45, 7) is 9.31. The Balaban J connectivity index is 2.89. The summed E-state index contributed by atoms with van der Waals surface area (Å²) in [5, 5.41) is 0. The van der Waals surface area contributed by atoms with Crippen LogP contribution in [0.15, 0.2) is 35.3 Å². The zero-order chi connectivity index (χ0) is 12.2. The fourth-order valence-corrected chi connectivity index (χ4v) is 1.48. The van der Waals surface area contributed by atoms with Crippen LogP contribution in [0.1, 0.15) is 33.3 Å². The van der Waals surface area contributed by atoms with Gasteiger partial charge in [0.25, 0.3) is 0 Å². The molecule has 0 saturated carbocycles. The molecule has 0 unspecified atom stereocenters. The van der Waals surface area contributed by atoms with E-state index in [0.717, 1.165) is 6.54 Å². The van der Waals surface area contributed by atoms with E-state index in [1.54, 1.807) is 0 Å². The second-order valence-corrected chi connectivity index (χ2v) is 5.11. The largest absolute Gasteiger partial charge is 0.387 e. The first-order valence-corrected chi connectivity index (χ1v) is 5.80. The summed E-state index contributed by atoms with van der Waals surface area (Å²) >= 11 is 0. The zero-order valence-electron chi connectivity index (χ0n) is 10.7. The summed E-state index contributed by atoms with van der Waals surface area (Å²) in [5.41, 5.74) is 7.11. The van der Waals surface area contributed by atoms with Crippen molar-refractivity contribution in [1.82, 2.24) is 0 Å². The molecule has 0 aliphatic carbocycles. The third-order valence-corrected chi connectivity index (χ3v) is 2.76. The van der Waals surface area contributed by atoms with Crippen molar-refractivity contribution >= 4 is 5.84 Å². The summed E-state index contributed by atoms with van der Waals surface area (Å²) < 4.78 is 0. The van der Waals surface area contributed by atoms with Crippen LogP contribution in [0.3, 0.4) is 0 Å². The standard InChI is InChI=1S/C14H22N2/c1-11(2)10-16-13(15)14(3,4)12-8-6-5-7-9-12/h5-9,11H,10H2,1-4H3,(H2,15,16). The Morgan fingerprint density at radius 1 is 1.25 bits per heavy atom. The molecule has 0 spiro atoms. The highest BCUT2D eigenvalue weighted by molar-refractivity contribution is 5.90. The molecule has 1 aromatic carbocycles. The van der Waals surface area contributed by atoms with Gasteiger partial charge in [0.2, 0.25) is 0 Å². The van der Waals surface area contributed by atoms with Crippen LogP contribution < -0.4 is 5.73 Å². The Hall–Kier alpha value is -1.31. The molecule has 0 fully saturated rings. The minimum atomic E-state index is -0.184. The zero-order valence-corrected chi connectivity index (χ0v) is 10.7. The van der Waals surface area contributed by atoms with Crippen molar-refractivity contribution in [3.63, 3.8) is 0 Å². The van der Waals surface area contributed by atoms with E-state index in [1.165, 1.54) is 5.56 Å². The van der Waals surface area contributed by atoms with Crippen LogP contribution in [0, 0.1) is 5.92 Å². The van der Waals surface area contributed by atoms with Gasteiger partial charge >= 0.3 is 0 Å². The second-order valence-electron chi connectivity index (χ2n) is 5.11. The van der Waals surface area contributed by atoms with Gasteiger partial charge in [-0.25, -0.2) is 0 Å². The van der Waals surface area contributed by atoms with E-state index in [0.29, 0.717) is 11.8 Å². The lowest BCUT2D eigenvalue weighted by molar-refractivity contribution is 0.646. The maximum atomic E-state index is 6.08.